The van der Waals surface area contributed by atoms with Gasteiger partial charge < -0.3 is 15.4 Å². The van der Waals surface area contributed by atoms with Crippen molar-refractivity contribution in [1.82, 2.24) is 15.6 Å². The highest BCUT2D eigenvalue weighted by Gasteiger charge is 2.03. The maximum atomic E-state index is 5.77. The normalized spacial score (nSPS) is 10.9. The maximum absolute atomic E-state index is 5.77. The van der Waals surface area contributed by atoms with Gasteiger partial charge in [0.2, 0.25) is 0 Å². The molecule has 0 aliphatic carbocycles. The number of guanidine groups is 1. The van der Waals surface area contributed by atoms with Crippen molar-refractivity contribution in [2.75, 3.05) is 7.05 Å². The van der Waals surface area contributed by atoms with Crippen molar-refractivity contribution in [1.29, 1.82) is 0 Å². The molecule has 0 aliphatic heterocycles. The predicted octanol–water partition coefficient (Wildman–Crippen LogP) is 4.51. The number of benzene rings is 1. The minimum atomic E-state index is 0. The van der Waals surface area contributed by atoms with Crippen LogP contribution in [0.1, 0.15) is 21.7 Å². The lowest BCUT2D eigenvalue weighted by Gasteiger charge is -2.12. The van der Waals surface area contributed by atoms with Crippen LogP contribution in [0.15, 0.2) is 65.1 Å². The number of aromatic nitrogens is 1. The Bertz CT molecular complexity index is 866. The number of thiophene rings is 1. The van der Waals surface area contributed by atoms with Crippen molar-refractivity contribution in [3.63, 3.8) is 0 Å². The molecule has 1 aromatic carbocycles. The summed E-state index contributed by atoms with van der Waals surface area (Å²) in [5.41, 5.74) is 3.39. The van der Waals surface area contributed by atoms with E-state index >= 15 is 0 Å². The van der Waals surface area contributed by atoms with Crippen LogP contribution in [0.2, 0.25) is 0 Å². The van der Waals surface area contributed by atoms with Crippen molar-refractivity contribution in [2.24, 2.45) is 4.99 Å². The maximum Gasteiger partial charge on any atom is 0.191 e. The van der Waals surface area contributed by atoms with E-state index in [4.69, 9.17) is 4.74 Å². The highest BCUT2D eigenvalue weighted by atomic mass is 127. The van der Waals surface area contributed by atoms with Gasteiger partial charge in [-0.2, -0.15) is 0 Å². The van der Waals surface area contributed by atoms with Gasteiger partial charge in [-0.3, -0.25) is 9.98 Å². The molecule has 3 aromatic rings. The molecule has 0 aliphatic rings. The summed E-state index contributed by atoms with van der Waals surface area (Å²) in [4.78, 5) is 9.86. The van der Waals surface area contributed by atoms with Gasteiger partial charge in [-0.25, -0.2) is 0 Å². The van der Waals surface area contributed by atoms with Crippen LogP contribution in [0, 0.1) is 6.92 Å². The van der Waals surface area contributed by atoms with E-state index in [2.05, 4.69) is 51.1 Å². The summed E-state index contributed by atoms with van der Waals surface area (Å²) in [6.45, 7) is 4.07. The summed E-state index contributed by atoms with van der Waals surface area (Å²) < 4.78 is 5.77. The second kappa shape index (κ2) is 11.7. The average molecular weight is 508 g/mol. The number of pyridine rings is 1. The predicted molar refractivity (Wildman–Crippen MR) is 127 cm³/mol. The SMILES string of the molecule is CN=C(NCc1ccc(OCc2ccccn2)cc1)NCc1sccc1C.I. The smallest absolute Gasteiger partial charge is 0.191 e. The molecule has 2 N–H and O–H groups in total. The first-order valence-corrected chi connectivity index (χ1v) is 9.71. The van der Waals surface area contributed by atoms with Crippen molar-refractivity contribution >= 4 is 41.3 Å². The summed E-state index contributed by atoms with van der Waals surface area (Å²) in [6.07, 6.45) is 1.77. The molecule has 7 heteroatoms. The molecule has 0 spiro atoms. The molecule has 2 aromatic heterocycles. The molecule has 0 radical (unpaired) electrons. The molecule has 0 fully saturated rings. The fraction of sp³-hybridized carbons (Fsp3) is 0.238. The summed E-state index contributed by atoms with van der Waals surface area (Å²) in [5.74, 6) is 1.62. The Kier molecular flexibility index (Phi) is 9.22. The van der Waals surface area contributed by atoms with E-state index in [1.807, 2.05) is 30.3 Å². The second-order valence-electron chi connectivity index (χ2n) is 6.06. The Morgan fingerprint density at radius 2 is 1.86 bits per heavy atom. The minimum Gasteiger partial charge on any atom is -0.487 e. The van der Waals surface area contributed by atoms with Crippen molar-refractivity contribution in [3.05, 3.63) is 81.8 Å². The number of halogens is 1. The van der Waals surface area contributed by atoms with E-state index in [0.717, 1.165) is 29.5 Å². The molecular formula is C21H25IN4OS. The minimum absolute atomic E-state index is 0. The highest BCUT2D eigenvalue weighted by molar-refractivity contribution is 14.0. The van der Waals surface area contributed by atoms with Crippen LogP contribution < -0.4 is 15.4 Å². The zero-order chi connectivity index (χ0) is 18.9. The van der Waals surface area contributed by atoms with Crippen LogP contribution >= 0.6 is 35.3 Å². The van der Waals surface area contributed by atoms with E-state index in [0.29, 0.717) is 13.2 Å². The average Bonchev–Trinajstić information content (AvgIpc) is 3.13. The van der Waals surface area contributed by atoms with Crippen molar-refractivity contribution in [2.45, 2.75) is 26.6 Å². The molecule has 148 valence electrons. The van der Waals surface area contributed by atoms with Crippen molar-refractivity contribution in [3.8, 4) is 5.75 Å². The van der Waals surface area contributed by atoms with Gasteiger partial charge in [0.1, 0.15) is 12.4 Å². The Labute approximate surface area is 187 Å². The summed E-state index contributed by atoms with van der Waals surface area (Å²) >= 11 is 1.76. The summed E-state index contributed by atoms with van der Waals surface area (Å²) in [6, 6.07) is 16.0. The standard InChI is InChI=1S/C21H24N4OS.HI/c1-16-10-12-27-20(16)14-25-21(22-2)24-13-17-6-8-19(9-7-17)26-15-18-5-3-4-11-23-18;/h3-12H,13-15H2,1-2H3,(H2,22,24,25);1H. The third-order valence-electron chi connectivity index (χ3n) is 4.10. The van der Waals surface area contributed by atoms with Gasteiger partial charge in [0, 0.05) is 24.7 Å². The Balaban J connectivity index is 0.00000280. The number of aryl methyl sites for hydroxylation is 1. The molecule has 0 saturated heterocycles. The first kappa shape index (κ1) is 22.2. The van der Waals surface area contributed by atoms with Gasteiger partial charge in [0.25, 0.3) is 0 Å². The molecule has 0 saturated carbocycles. The Morgan fingerprint density at radius 3 is 2.50 bits per heavy atom. The first-order valence-electron chi connectivity index (χ1n) is 8.84. The lowest BCUT2D eigenvalue weighted by atomic mass is 10.2. The lowest BCUT2D eigenvalue weighted by molar-refractivity contribution is 0.301. The number of hydrogen-bond acceptors (Lipinski definition) is 4. The molecule has 0 bridgehead atoms. The molecule has 0 amide bonds. The van der Waals surface area contributed by atoms with Crippen LogP contribution in [0.4, 0.5) is 0 Å². The zero-order valence-electron chi connectivity index (χ0n) is 16.0. The number of hydrogen-bond donors (Lipinski definition) is 2. The van der Waals surface area contributed by atoms with Gasteiger partial charge in [-0.05, 0) is 53.8 Å². The lowest BCUT2D eigenvalue weighted by Crippen LogP contribution is -2.36. The Hall–Kier alpha value is -2.13. The number of ether oxygens (including phenoxy) is 1. The van der Waals surface area contributed by atoms with Crippen molar-refractivity contribution < 1.29 is 4.74 Å². The van der Waals surface area contributed by atoms with E-state index in [-0.39, 0.29) is 24.0 Å². The van der Waals surface area contributed by atoms with Crippen LogP contribution in [-0.2, 0) is 19.7 Å². The van der Waals surface area contributed by atoms with E-state index in [1.165, 1.54) is 10.4 Å². The molecule has 2 heterocycles. The van der Waals surface area contributed by atoms with E-state index in [1.54, 1.807) is 24.6 Å². The first-order chi connectivity index (χ1) is 13.2. The van der Waals surface area contributed by atoms with Gasteiger partial charge in [0.15, 0.2) is 5.96 Å². The fourth-order valence-corrected chi connectivity index (χ4v) is 3.35. The molecule has 28 heavy (non-hydrogen) atoms. The summed E-state index contributed by atoms with van der Waals surface area (Å²) in [7, 11) is 1.78. The van der Waals surface area contributed by atoms with Crippen LogP contribution in [-0.4, -0.2) is 18.0 Å². The van der Waals surface area contributed by atoms with Gasteiger partial charge in [-0.15, -0.1) is 35.3 Å². The number of nitrogens with zero attached hydrogens (tertiary/aromatic N) is 2. The fourth-order valence-electron chi connectivity index (χ4n) is 2.50. The number of aliphatic imine (C=N–C) groups is 1. The number of nitrogens with one attached hydrogen (secondary N) is 2. The second-order valence-corrected chi connectivity index (χ2v) is 7.06. The van der Waals surface area contributed by atoms with Crippen LogP contribution in [0.25, 0.3) is 0 Å². The molecule has 3 rings (SSSR count). The van der Waals surface area contributed by atoms with Gasteiger partial charge >= 0.3 is 0 Å². The third-order valence-corrected chi connectivity index (χ3v) is 5.13. The third kappa shape index (κ3) is 6.79. The van der Waals surface area contributed by atoms with E-state index in [9.17, 15) is 0 Å². The molecule has 0 atom stereocenters. The highest BCUT2D eigenvalue weighted by Crippen LogP contribution is 2.15. The monoisotopic (exact) mass is 508 g/mol. The summed E-state index contributed by atoms with van der Waals surface area (Å²) in [5, 5.41) is 8.80. The Morgan fingerprint density at radius 1 is 1.07 bits per heavy atom. The topological polar surface area (TPSA) is 58.5 Å². The van der Waals surface area contributed by atoms with Gasteiger partial charge in [0.05, 0.1) is 12.2 Å². The van der Waals surface area contributed by atoms with Gasteiger partial charge in [-0.1, -0.05) is 18.2 Å². The molecular weight excluding hydrogens is 483 g/mol. The molecule has 0 unspecified atom stereocenters. The van der Waals surface area contributed by atoms with Crippen LogP contribution in [0.5, 0.6) is 5.75 Å². The van der Waals surface area contributed by atoms with Crippen LogP contribution in [0.3, 0.4) is 0 Å². The zero-order valence-corrected chi connectivity index (χ0v) is 19.2. The largest absolute Gasteiger partial charge is 0.487 e. The van der Waals surface area contributed by atoms with E-state index < -0.39 is 0 Å². The number of rotatable bonds is 7. The molecule has 5 nitrogen and oxygen atoms in total. The quantitative estimate of drug-likeness (QED) is 0.280.